The number of amides is 3. The van der Waals surface area contributed by atoms with E-state index in [1.165, 1.54) is 12.0 Å². The van der Waals surface area contributed by atoms with E-state index in [1.807, 2.05) is 56.3 Å². The van der Waals surface area contributed by atoms with Crippen molar-refractivity contribution >= 4 is 34.7 Å². The van der Waals surface area contributed by atoms with Crippen LogP contribution in [0.3, 0.4) is 0 Å². The van der Waals surface area contributed by atoms with Gasteiger partial charge in [-0.3, -0.25) is 19.2 Å². The minimum atomic E-state index is -1.57. The number of nitrogens with one attached hydrogen (secondary N) is 1. The lowest BCUT2D eigenvalue weighted by molar-refractivity contribution is -0.163. The van der Waals surface area contributed by atoms with Gasteiger partial charge in [-0.2, -0.15) is 0 Å². The maximum atomic E-state index is 15.0. The summed E-state index contributed by atoms with van der Waals surface area (Å²) in [6.07, 6.45) is 6.02. The number of likely N-dealkylation sites (tertiary alicyclic amines) is 1. The van der Waals surface area contributed by atoms with Gasteiger partial charge in [-0.15, -0.1) is 5.10 Å². The van der Waals surface area contributed by atoms with E-state index < -0.39 is 65.6 Å². The number of hydrogen-bond acceptors (Lipinski definition) is 10. The Morgan fingerprint density at radius 1 is 1.04 bits per heavy atom. The van der Waals surface area contributed by atoms with E-state index in [0.29, 0.717) is 23.9 Å². The average molecular weight is 727 g/mol. The van der Waals surface area contributed by atoms with Gasteiger partial charge in [0.25, 0.3) is 5.91 Å². The Morgan fingerprint density at radius 2 is 1.81 bits per heavy atom. The van der Waals surface area contributed by atoms with Crippen molar-refractivity contribution in [2.24, 2.45) is 17.8 Å². The third-order valence-corrected chi connectivity index (χ3v) is 10.7. The number of cyclic esters (lactones) is 1. The standard InChI is InChI=1S/C39H46N6O8/c1-24(2)20-26(21-46)45-35-37(49)43(23-44-29-15-8-7-14-27(29)41-42-44)19-11-18-39(35)33(36(45)48)32-30(53-39)16-9-10-17-31(47)40-28(22-51-3)34(52-38(32)50)25-12-5-4-6-13-25/h4-9,11-16,18,24,26,28,30,32-35,46H,10,17,19-23H2,1-3H3,(H,40,47)/b16-9-/t26-,28+,30+,32-,33-,34+,35+,39-/m1/s1. The van der Waals surface area contributed by atoms with Crippen LogP contribution in [0, 0.1) is 17.8 Å². The van der Waals surface area contributed by atoms with Gasteiger partial charge < -0.3 is 34.4 Å². The molecule has 7 rings (SSSR count). The van der Waals surface area contributed by atoms with Crippen LogP contribution in [0.5, 0.6) is 0 Å². The number of aromatic nitrogens is 3. The number of aliphatic hydroxyl groups excluding tert-OH is 1. The highest BCUT2D eigenvalue weighted by atomic mass is 16.6. The lowest BCUT2D eigenvalue weighted by Gasteiger charge is -2.39. The molecule has 0 unspecified atom stereocenters. The molecule has 4 aliphatic rings. The molecule has 3 amide bonds. The second-order valence-corrected chi connectivity index (χ2v) is 14.6. The van der Waals surface area contributed by atoms with Crippen molar-refractivity contribution in [3.8, 4) is 0 Å². The maximum absolute atomic E-state index is 15.0. The van der Waals surface area contributed by atoms with Gasteiger partial charge >= 0.3 is 5.97 Å². The number of carbonyl (C=O) groups is 4. The topological polar surface area (TPSA) is 165 Å². The molecule has 3 aromatic rings. The van der Waals surface area contributed by atoms with Crippen LogP contribution in [0.2, 0.25) is 0 Å². The van der Waals surface area contributed by atoms with Gasteiger partial charge in [-0.25, -0.2) is 4.68 Å². The van der Waals surface area contributed by atoms with E-state index >= 15 is 4.79 Å². The van der Waals surface area contributed by atoms with E-state index in [-0.39, 0.29) is 44.7 Å². The van der Waals surface area contributed by atoms with Gasteiger partial charge in [0.05, 0.1) is 42.8 Å². The Kier molecular flexibility index (Phi) is 10.5. The summed E-state index contributed by atoms with van der Waals surface area (Å²) in [5.41, 5.74) is 0.480. The molecule has 0 bridgehead atoms. The SMILES string of the molecule is COC[C@@H]1NC(=O)CC/C=C\[C@@H]2O[C@@]34C=CCN(Cn5nnc6ccccc65)C(=O)[C@@H]3N([C@@H](CO)CC(C)C)C(=O)[C@H]4[C@@H]2C(=O)O[C@H]1c1ccccc1. The van der Waals surface area contributed by atoms with Crippen LogP contribution >= 0.6 is 0 Å². The molecule has 14 heteroatoms. The number of esters is 1. The van der Waals surface area contributed by atoms with E-state index in [4.69, 9.17) is 14.2 Å². The average Bonchev–Trinajstić information content (AvgIpc) is 3.75. The van der Waals surface area contributed by atoms with Crippen LogP contribution in [-0.2, 0) is 40.1 Å². The maximum Gasteiger partial charge on any atom is 0.313 e. The molecule has 14 nitrogen and oxygen atoms in total. The monoisotopic (exact) mass is 726 g/mol. The van der Waals surface area contributed by atoms with E-state index in [0.717, 1.165) is 5.52 Å². The molecule has 0 aliphatic carbocycles. The second-order valence-electron chi connectivity index (χ2n) is 14.6. The zero-order chi connectivity index (χ0) is 37.3. The molecule has 4 aliphatic heterocycles. The van der Waals surface area contributed by atoms with E-state index in [2.05, 4.69) is 15.6 Å². The van der Waals surface area contributed by atoms with Gasteiger partial charge in [0.1, 0.15) is 35.9 Å². The highest BCUT2D eigenvalue weighted by Crippen LogP contribution is 2.54. The number of methoxy groups -OCH3 is 1. The molecule has 1 spiro atoms. The Morgan fingerprint density at radius 3 is 2.57 bits per heavy atom. The van der Waals surface area contributed by atoms with Gasteiger partial charge in [0.15, 0.2) is 0 Å². The third-order valence-electron chi connectivity index (χ3n) is 10.7. The number of para-hydroxylation sites is 1. The largest absolute Gasteiger partial charge is 0.455 e. The highest BCUT2D eigenvalue weighted by molar-refractivity contribution is 5.99. The Bertz CT molecular complexity index is 1900. The normalized spacial score (nSPS) is 30.2. The first-order chi connectivity index (χ1) is 25.7. The molecular weight excluding hydrogens is 680 g/mol. The minimum Gasteiger partial charge on any atom is -0.455 e. The molecule has 8 atom stereocenters. The first-order valence-corrected chi connectivity index (χ1v) is 18.2. The van der Waals surface area contributed by atoms with Gasteiger partial charge in [0.2, 0.25) is 11.8 Å². The minimum absolute atomic E-state index is 0.0480. The fourth-order valence-electron chi connectivity index (χ4n) is 8.40. The summed E-state index contributed by atoms with van der Waals surface area (Å²) in [4.78, 5) is 60.8. The molecule has 53 heavy (non-hydrogen) atoms. The van der Waals surface area contributed by atoms with E-state index in [9.17, 15) is 19.5 Å². The van der Waals surface area contributed by atoms with Crippen molar-refractivity contribution in [1.82, 2.24) is 30.1 Å². The molecule has 5 heterocycles. The summed E-state index contributed by atoms with van der Waals surface area (Å²) in [7, 11) is 1.50. The Balaban J connectivity index is 1.32. The van der Waals surface area contributed by atoms with Crippen LogP contribution in [0.4, 0.5) is 0 Å². The van der Waals surface area contributed by atoms with Crippen LogP contribution < -0.4 is 5.32 Å². The second kappa shape index (κ2) is 15.2. The number of aliphatic hydroxyl groups is 1. The predicted molar refractivity (Wildman–Crippen MR) is 191 cm³/mol. The van der Waals surface area contributed by atoms with E-state index in [1.54, 1.807) is 46.0 Å². The number of rotatable bonds is 9. The number of nitrogens with zero attached hydrogens (tertiary/aromatic N) is 5. The highest BCUT2D eigenvalue weighted by Gasteiger charge is 2.72. The number of hydrogen-bond donors (Lipinski definition) is 2. The molecule has 0 radical (unpaired) electrons. The molecular formula is C39H46N6O8. The fraction of sp³-hybridized carbons (Fsp3) is 0.487. The van der Waals surface area contributed by atoms with Crippen LogP contribution in [0.1, 0.15) is 44.8 Å². The third kappa shape index (κ3) is 6.75. The van der Waals surface area contributed by atoms with Crippen LogP contribution in [0.25, 0.3) is 11.0 Å². The Hall–Kier alpha value is -4.92. The smallest absolute Gasteiger partial charge is 0.313 e. The van der Waals surface area contributed by atoms with Crippen molar-refractivity contribution in [3.63, 3.8) is 0 Å². The van der Waals surface area contributed by atoms with Gasteiger partial charge in [-0.1, -0.05) is 85.8 Å². The summed E-state index contributed by atoms with van der Waals surface area (Å²) in [5.74, 6) is -4.05. The van der Waals surface area contributed by atoms with Crippen molar-refractivity contribution in [1.29, 1.82) is 0 Å². The summed E-state index contributed by atoms with van der Waals surface area (Å²) in [5, 5.41) is 22.3. The number of benzene rings is 2. The quantitative estimate of drug-likeness (QED) is 0.247. The van der Waals surface area contributed by atoms with Crippen molar-refractivity contribution in [2.75, 3.05) is 26.9 Å². The zero-order valence-corrected chi connectivity index (χ0v) is 30.1. The molecule has 2 fully saturated rings. The summed E-state index contributed by atoms with van der Waals surface area (Å²) in [6, 6.07) is 13.8. The van der Waals surface area contributed by atoms with Crippen LogP contribution in [-0.4, -0.2) is 110 Å². The molecule has 2 aromatic carbocycles. The first kappa shape index (κ1) is 36.4. The molecule has 0 saturated carbocycles. The summed E-state index contributed by atoms with van der Waals surface area (Å²) in [6.45, 7) is 3.86. The number of ether oxygens (including phenoxy) is 3. The van der Waals surface area contributed by atoms with Gasteiger partial charge in [-0.05, 0) is 36.5 Å². The summed E-state index contributed by atoms with van der Waals surface area (Å²) < 4.78 is 20.3. The van der Waals surface area contributed by atoms with Crippen molar-refractivity contribution in [2.45, 2.75) is 75.7 Å². The number of fused-ring (bicyclic) bond motifs is 3. The molecule has 2 N–H and O–H groups in total. The molecule has 2 saturated heterocycles. The molecule has 1 aromatic heterocycles. The van der Waals surface area contributed by atoms with Crippen LogP contribution in [0.15, 0.2) is 78.9 Å². The number of allylic oxidation sites excluding steroid dienone is 1. The van der Waals surface area contributed by atoms with Crippen molar-refractivity contribution < 1.29 is 38.5 Å². The van der Waals surface area contributed by atoms with Crippen molar-refractivity contribution in [3.05, 3.63) is 84.5 Å². The Labute approximate surface area is 307 Å². The zero-order valence-electron chi connectivity index (χ0n) is 30.1. The lowest BCUT2D eigenvalue weighted by Crippen LogP contribution is -2.58. The first-order valence-electron chi connectivity index (χ1n) is 18.2. The predicted octanol–water partition coefficient (Wildman–Crippen LogP) is 2.54. The lowest BCUT2D eigenvalue weighted by atomic mass is 9.77. The van der Waals surface area contributed by atoms with Gasteiger partial charge in [0, 0.05) is 20.1 Å². The number of carbonyl (C=O) groups excluding carboxylic acids is 4. The summed E-state index contributed by atoms with van der Waals surface area (Å²) >= 11 is 0. The fourth-order valence-corrected chi connectivity index (χ4v) is 8.40. The molecule has 280 valence electrons.